The maximum Gasteiger partial charge on any atom is 0.123 e. The van der Waals surface area contributed by atoms with E-state index in [9.17, 15) is 4.39 Å². The molecule has 0 radical (unpaired) electrons. The number of nitrogens with two attached hydrogens (primary N) is 1. The maximum atomic E-state index is 13.3. The minimum atomic E-state index is -0.174. The van der Waals surface area contributed by atoms with Crippen LogP contribution >= 0.6 is 0 Å². The van der Waals surface area contributed by atoms with Crippen LogP contribution in [0.3, 0.4) is 0 Å². The molecular formula is C16H26FN3. The van der Waals surface area contributed by atoms with Gasteiger partial charge in [-0.05, 0) is 43.7 Å². The minimum absolute atomic E-state index is 0.174. The highest BCUT2D eigenvalue weighted by Crippen LogP contribution is 2.26. The van der Waals surface area contributed by atoms with Gasteiger partial charge in [-0.15, -0.1) is 0 Å². The zero-order valence-corrected chi connectivity index (χ0v) is 12.8. The molecule has 0 aromatic heterocycles. The van der Waals surface area contributed by atoms with Crippen molar-refractivity contribution in [2.24, 2.45) is 5.73 Å². The molecule has 0 saturated carbocycles. The highest BCUT2D eigenvalue weighted by molar-refractivity contribution is 5.30. The van der Waals surface area contributed by atoms with E-state index in [1.165, 1.54) is 0 Å². The van der Waals surface area contributed by atoms with E-state index < -0.39 is 0 Å². The molecule has 1 aliphatic heterocycles. The number of rotatable bonds is 4. The summed E-state index contributed by atoms with van der Waals surface area (Å²) >= 11 is 0. The van der Waals surface area contributed by atoms with Crippen LogP contribution in [0.25, 0.3) is 0 Å². The van der Waals surface area contributed by atoms with Gasteiger partial charge in [0.1, 0.15) is 5.82 Å². The summed E-state index contributed by atoms with van der Waals surface area (Å²) in [6, 6.07) is 5.81. The summed E-state index contributed by atoms with van der Waals surface area (Å²) in [5, 5.41) is 0. The second kappa shape index (κ2) is 6.66. The Morgan fingerprint density at radius 2 is 2.15 bits per heavy atom. The van der Waals surface area contributed by atoms with Gasteiger partial charge in [-0.3, -0.25) is 4.90 Å². The van der Waals surface area contributed by atoms with E-state index in [-0.39, 0.29) is 11.9 Å². The van der Waals surface area contributed by atoms with Gasteiger partial charge in [0, 0.05) is 38.3 Å². The molecule has 4 heteroatoms. The first-order valence-electron chi connectivity index (χ1n) is 7.47. The number of halogens is 1. The standard InChI is InChI=1S/C16H26FN3/c1-4-14-11-20(8-7-19(14)3)16(10-18)15-6-5-13(17)9-12(15)2/h5-6,9,14,16H,4,7-8,10-11,18H2,1-3H3. The van der Waals surface area contributed by atoms with E-state index in [1.54, 1.807) is 12.1 Å². The van der Waals surface area contributed by atoms with E-state index in [2.05, 4.69) is 23.8 Å². The monoisotopic (exact) mass is 279 g/mol. The molecule has 2 atom stereocenters. The molecule has 0 spiro atoms. The lowest BCUT2D eigenvalue weighted by Gasteiger charge is -2.43. The fourth-order valence-corrected chi connectivity index (χ4v) is 3.18. The second-order valence-electron chi connectivity index (χ2n) is 5.79. The van der Waals surface area contributed by atoms with Crippen molar-refractivity contribution in [1.29, 1.82) is 0 Å². The summed E-state index contributed by atoms with van der Waals surface area (Å²) in [5.74, 6) is -0.174. The van der Waals surface area contributed by atoms with Gasteiger partial charge in [0.05, 0.1) is 0 Å². The van der Waals surface area contributed by atoms with Gasteiger partial charge in [0.2, 0.25) is 0 Å². The molecule has 0 bridgehead atoms. The van der Waals surface area contributed by atoms with Crippen LogP contribution in [-0.2, 0) is 0 Å². The van der Waals surface area contributed by atoms with Crippen LogP contribution in [0, 0.1) is 12.7 Å². The van der Waals surface area contributed by atoms with Crippen LogP contribution in [0.2, 0.25) is 0 Å². The molecule has 2 rings (SSSR count). The Kier molecular flexibility index (Phi) is 5.13. The minimum Gasteiger partial charge on any atom is -0.329 e. The van der Waals surface area contributed by atoms with Crippen molar-refractivity contribution in [3.8, 4) is 0 Å². The molecule has 20 heavy (non-hydrogen) atoms. The normalized spacial score (nSPS) is 22.9. The lowest BCUT2D eigenvalue weighted by Crippen LogP contribution is -2.53. The van der Waals surface area contributed by atoms with Gasteiger partial charge in [-0.1, -0.05) is 13.0 Å². The smallest absolute Gasteiger partial charge is 0.123 e. The number of benzene rings is 1. The van der Waals surface area contributed by atoms with Crippen molar-refractivity contribution >= 4 is 0 Å². The Bertz CT molecular complexity index is 449. The summed E-state index contributed by atoms with van der Waals surface area (Å²) in [4.78, 5) is 4.87. The average molecular weight is 279 g/mol. The third-order valence-electron chi connectivity index (χ3n) is 4.53. The van der Waals surface area contributed by atoms with Gasteiger partial charge in [0.25, 0.3) is 0 Å². The van der Waals surface area contributed by atoms with Crippen molar-refractivity contribution in [2.75, 3.05) is 33.2 Å². The third kappa shape index (κ3) is 3.19. The Balaban J connectivity index is 2.19. The van der Waals surface area contributed by atoms with Crippen LogP contribution < -0.4 is 5.73 Å². The highest BCUT2D eigenvalue weighted by atomic mass is 19.1. The Labute approximate surface area is 121 Å². The zero-order chi connectivity index (χ0) is 14.7. The van der Waals surface area contributed by atoms with Crippen molar-refractivity contribution in [2.45, 2.75) is 32.4 Å². The van der Waals surface area contributed by atoms with Gasteiger partial charge in [-0.25, -0.2) is 4.39 Å². The fraction of sp³-hybridized carbons (Fsp3) is 0.625. The van der Waals surface area contributed by atoms with E-state index >= 15 is 0 Å². The molecule has 3 nitrogen and oxygen atoms in total. The lowest BCUT2D eigenvalue weighted by atomic mass is 9.98. The molecule has 1 saturated heterocycles. The zero-order valence-electron chi connectivity index (χ0n) is 12.8. The molecule has 1 aromatic rings. The summed E-state index contributed by atoms with van der Waals surface area (Å²) in [6.45, 7) is 7.89. The second-order valence-corrected chi connectivity index (χ2v) is 5.79. The Morgan fingerprint density at radius 1 is 1.40 bits per heavy atom. The maximum absolute atomic E-state index is 13.3. The molecule has 0 aliphatic carbocycles. The van der Waals surface area contributed by atoms with Crippen LogP contribution in [0.4, 0.5) is 4.39 Å². The van der Waals surface area contributed by atoms with Gasteiger partial charge >= 0.3 is 0 Å². The first kappa shape index (κ1) is 15.4. The first-order valence-corrected chi connectivity index (χ1v) is 7.47. The molecule has 112 valence electrons. The van der Waals surface area contributed by atoms with Crippen LogP contribution in [0.1, 0.15) is 30.5 Å². The SMILES string of the molecule is CCC1CN(C(CN)c2ccc(F)cc2C)CCN1C. The molecule has 1 aromatic carbocycles. The molecule has 2 N–H and O–H groups in total. The average Bonchev–Trinajstić information content (AvgIpc) is 2.43. The van der Waals surface area contributed by atoms with E-state index in [4.69, 9.17) is 5.73 Å². The van der Waals surface area contributed by atoms with Crippen molar-refractivity contribution in [3.05, 3.63) is 35.1 Å². The van der Waals surface area contributed by atoms with Crippen LogP contribution in [0.5, 0.6) is 0 Å². The molecule has 1 heterocycles. The number of likely N-dealkylation sites (N-methyl/N-ethyl adjacent to an activating group) is 1. The number of hydrogen-bond donors (Lipinski definition) is 1. The summed E-state index contributed by atoms with van der Waals surface area (Å²) in [5.41, 5.74) is 8.17. The van der Waals surface area contributed by atoms with E-state index in [0.29, 0.717) is 12.6 Å². The van der Waals surface area contributed by atoms with Gasteiger partial charge in [-0.2, -0.15) is 0 Å². The molecular weight excluding hydrogens is 253 g/mol. The molecule has 1 aliphatic rings. The highest BCUT2D eigenvalue weighted by Gasteiger charge is 2.28. The van der Waals surface area contributed by atoms with E-state index in [1.807, 2.05) is 13.0 Å². The molecule has 2 unspecified atom stereocenters. The van der Waals surface area contributed by atoms with Crippen LogP contribution in [0.15, 0.2) is 18.2 Å². The summed E-state index contributed by atoms with van der Waals surface area (Å²) < 4.78 is 13.3. The predicted octanol–water partition coefficient (Wildman–Crippen LogP) is 2.16. The van der Waals surface area contributed by atoms with Crippen molar-refractivity contribution in [1.82, 2.24) is 9.80 Å². The van der Waals surface area contributed by atoms with Gasteiger partial charge in [0.15, 0.2) is 0 Å². The number of aryl methyl sites for hydroxylation is 1. The molecule has 1 fully saturated rings. The quantitative estimate of drug-likeness (QED) is 0.917. The van der Waals surface area contributed by atoms with E-state index in [0.717, 1.165) is 37.2 Å². The Hall–Kier alpha value is -0.970. The largest absolute Gasteiger partial charge is 0.329 e. The van der Waals surface area contributed by atoms with Gasteiger partial charge < -0.3 is 10.6 Å². The predicted molar refractivity (Wildman–Crippen MR) is 81.2 cm³/mol. The molecule has 0 amide bonds. The topological polar surface area (TPSA) is 32.5 Å². The summed E-state index contributed by atoms with van der Waals surface area (Å²) in [7, 11) is 2.19. The third-order valence-corrected chi connectivity index (χ3v) is 4.53. The number of piperazine rings is 1. The van der Waals surface area contributed by atoms with Crippen molar-refractivity contribution < 1.29 is 4.39 Å². The number of hydrogen-bond acceptors (Lipinski definition) is 3. The Morgan fingerprint density at radius 3 is 2.75 bits per heavy atom. The number of nitrogens with zero attached hydrogens (tertiary/aromatic N) is 2. The summed E-state index contributed by atoms with van der Waals surface area (Å²) in [6.07, 6.45) is 1.15. The fourth-order valence-electron chi connectivity index (χ4n) is 3.18. The lowest BCUT2D eigenvalue weighted by molar-refractivity contribution is 0.0642. The van der Waals surface area contributed by atoms with Crippen LogP contribution in [-0.4, -0.2) is 49.1 Å². The van der Waals surface area contributed by atoms with Crippen molar-refractivity contribution in [3.63, 3.8) is 0 Å². The first-order chi connectivity index (χ1) is 9.56.